The minimum Gasteiger partial charge on any atom is -0.497 e. The number of imidazole rings is 1. The highest BCUT2D eigenvalue weighted by Crippen LogP contribution is 2.23. The van der Waals surface area contributed by atoms with Crippen molar-refractivity contribution in [3.8, 4) is 5.75 Å². The number of para-hydroxylation sites is 2. The number of carbonyl (C=O) groups excluding carboxylic acids is 1. The fourth-order valence-corrected chi connectivity index (χ4v) is 4.15. The van der Waals surface area contributed by atoms with Crippen molar-refractivity contribution in [1.82, 2.24) is 19.8 Å². The summed E-state index contributed by atoms with van der Waals surface area (Å²) in [5, 5.41) is 2.80. The lowest BCUT2D eigenvalue weighted by Crippen LogP contribution is -2.42. The highest BCUT2D eigenvalue weighted by atomic mass is 16.5. The molecule has 6 nitrogen and oxygen atoms in total. The van der Waals surface area contributed by atoms with Gasteiger partial charge in [-0.3, -0.25) is 9.69 Å². The molecule has 4 rings (SSSR count). The molecule has 3 aromatic rings. The average molecular weight is 393 g/mol. The van der Waals surface area contributed by atoms with Crippen molar-refractivity contribution < 1.29 is 9.53 Å². The Hall–Kier alpha value is -2.86. The predicted octanol–water partition coefficient (Wildman–Crippen LogP) is 3.05. The van der Waals surface area contributed by atoms with Gasteiger partial charge in [0.1, 0.15) is 11.6 Å². The van der Waals surface area contributed by atoms with Crippen molar-refractivity contribution in [3.63, 3.8) is 0 Å². The van der Waals surface area contributed by atoms with Gasteiger partial charge in [0.25, 0.3) is 0 Å². The van der Waals surface area contributed by atoms with Crippen LogP contribution < -0.4 is 10.1 Å². The largest absolute Gasteiger partial charge is 0.497 e. The van der Waals surface area contributed by atoms with Crippen LogP contribution in [-0.4, -0.2) is 47.6 Å². The number of carbonyl (C=O) groups is 1. The number of nitrogens with one attached hydrogen (secondary N) is 1. The second-order valence-corrected chi connectivity index (χ2v) is 7.64. The zero-order valence-corrected chi connectivity index (χ0v) is 17.1. The van der Waals surface area contributed by atoms with Crippen LogP contribution in [0.15, 0.2) is 48.5 Å². The van der Waals surface area contributed by atoms with Gasteiger partial charge in [-0.2, -0.15) is 0 Å². The molecule has 152 valence electrons. The van der Waals surface area contributed by atoms with Gasteiger partial charge in [0.2, 0.25) is 5.91 Å². The highest BCUT2D eigenvalue weighted by molar-refractivity contribution is 5.78. The van der Waals surface area contributed by atoms with Crippen molar-refractivity contribution in [2.45, 2.75) is 25.9 Å². The molecule has 0 aliphatic carbocycles. The number of piperidine rings is 1. The Morgan fingerprint density at radius 1 is 1.17 bits per heavy atom. The molecule has 1 N–H and O–H groups in total. The first-order chi connectivity index (χ1) is 14.2. The molecule has 1 aliphatic rings. The Morgan fingerprint density at radius 3 is 2.72 bits per heavy atom. The normalized spacial score (nSPS) is 17.4. The zero-order valence-electron chi connectivity index (χ0n) is 17.1. The molecule has 0 unspecified atom stereocenters. The third-order valence-corrected chi connectivity index (χ3v) is 5.72. The van der Waals surface area contributed by atoms with Crippen LogP contribution in [0.5, 0.6) is 5.75 Å². The Balaban J connectivity index is 1.60. The molecule has 2 heterocycles. The number of ether oxygens (including phenoxy) is 1. The molecular formula is C23H28N4O2. The van der Waals surface area contributed by atoms with Gasteiger partial charge >= 0.3 is 0 Å². The first-order valence-electron chi connectivity index (χ1n) is 10.2. The third-order valence-electron chi connectivity index (χ3n) is 5.72. The van der Waals surface area contributed by atoms with Crippen molar-refractivity contribution in [3.05, 3.63) is 59.9 Å². The van der Waals surface area contributed by atoms with E-state index in [0.29, 0.717) is 0 Å². The van der Waals surface area contributed by atoms with Crippen molar-refractivity contribution in [2.24, 2.45) is 5.92 Å². The molecule has 2 aromatic carbocycles. The van der Waals surface area contributed by atoms with Crippen molar-refractivity contribution in [1.29, 1.82) is 0 Å². The van der Waals surface area contributed by atoms with E-state index in [2.05, 4.69) is 45.1 Å². The summed E-state index contributed by atoms with van der Waals surface area (Å²) in [6, 6.07) is 16.4. The van der Waals surface area contributed by atoms with Crippen LogP contribution in [0.3, 0.4) is 0 Å². The maximum atomic E-state index is 12.1. The second-order valence-electron chi connectivity index (χ2n) is 7.64. The van der Waals surface area contributed by atoms with E-state index in [1.807, 2.05) is 18.2 Å². The number of fused-ring (bicyclic) bond motifs is 1. The van der Waals surface area contributed by atoms with Crippen LogP contribution in [0.4, 0.5) is 0 Å². The molecule has 29 heavy (non-hydrogen) atoms. The average Bonchev–Trinajstić information content (AvgIpc) is 3.10. The molecule has 0 radical (unpaired) electrons. The third kappa shape index (κ3) is 4.27. The number of nitrogens with zero attached hydrogens (tertiary/aromatic N) is 3. The molecule has 1 saturated heterocycles. The lowest BCUT2D eigenvalue weighted by molar-refractivity contribution is -0.126. The van der Waals surface area contributed by atoms with Gasteiger partial charge in [-0.15, -0.1) is 0 Å². The van der Waals surface area contributed by atoms with Crippen LogP contribution in [-0.2, 0) is 17.9 Å². The maximum Gasteiger partial charge on any atom is 0.224 e. The van der Waals surface area contributed by atoms with Gasteiger partial charge < -0.3 is 14.6 Å². The van der Waals surface area contributed by atoms with Crippen LogP contribution in [0, 0.1) is 5.92 Å². The minimum atomic E-state index is 0.0631. The standard InChI is InChI=1S/C23H28N4O2/c1-24-23(28)18-6-5-13-26(15-18)16-22-25-20-7-3-4-8-21(20)27(22)14-17-9-11-19(29-2)12-10-17/h3-4,7-12,18H,5-6,13-16H2,1-2H3,(H,24,28)/t18-/m0/s1. The SMILES string of the molecule is CNC(=O)[C@H]1CCCN(Cc2nc3ccccc3n2Cc2ccc(OC)cc2)C1. The Kier molecular flexibility index (Phi) is 5.81. The second kappa shape index (κ2) is 8.66. The summed E-state index contributed by atoms with van der Waals surface area (Å²) < 4.78 is 7.57. The van der Waals surface area contributed by atoms with Crippen LogP contribution in [0.25, 0.3) is 11.0 Å². The highest BCUT2D eigenvalue weighted by Gasteiger charge is 2.26. The van der Waals surface area contributed by atoms with Gasteiger partial charge in [-0.1, -0.05) is 24.3 Å². The van der Waals surface area contributed by atoms with Crippen molar-refractivity contribution in [2.75, 3.05) is 27.2 Å². The van der Waals surface area contributed by atoms with Gasteiger partial charge in [0.05, 0.1) is 30.6 Å². The smallest absolute Gasteiger partial charge is 0.224 e. The van der Waals surface area contributed by atoms with Gasteiger partial charge in [-0.25, -0.2) is 4.98 Å². The summed E-state index contributed by atoms with van der Waals surface area (Å²) in [6.45, 7) is 3.29. The number of hydrogen-bond donors (Lipinski definition) is 1. The summed E-state index contributed by atoms with van der Waals surface area (Å²) in [5.41, 5.74) is 3.35. The fraction of sp³-hybridized carbons (Fsp3) is 0.391. The first-order valence-corrected chi connectivity index (χ1v) is 10.2. The zero-order chi connectivity index (χ0) is 20.2. The van der Waals surface area contributed by atoms with E-state index in [1.165, 1.54) is 5.56 Å². The predicted molar refractivity (Wildman–Crippen MR) is 114 cm³/mol. The summed E-state index contributed by atoms with van der Waals surface area (Å²) in [7, 11) is 3.40. The van der Waals surface area contributed by atoms with E-state index in [9.17, 15) is 4.79 Å². The number of hydrogen-bond acceptors (Lipinski definition) is 4. The number of likely N-dealkylation sites (tertiary alicyclic amines) is 1. The topological polar surface area (TPSA) is 59.4 Å². The molecule has 1 atom stereocenters. The van der Waals surface area contributed by atoms with Crippen LogP contribution in [0.2, 0.25) is 0 Å². The lowest BCUT2D eigenvalue weighted by atomic mass is 9.97. The summed E-state index contributed by atoms with van der Waals surface area (Å²) in [6.07, 6.45) is 2.00. The Morgan fingerprint density at radius 2 is 1.97 bits per heavy atom. The van der Waals surface area contributed by atoms with E-state index < -0.39 is 0 Å². The minimum absolute atomic E-state index is 0.0631. The summed E-state index contributed by atoms with van der Waals surface area (Å²) in [5.74, 6) is 2.10. The lowest BCUT2D eigenvalue weighted by Gasteiger charge is -2.31. The molecule has 0 spiro atoms. The summed E-state index contributed by atoms with van der Waals surface area (Å²) >= 11 is 0. The molecule has 6 heteroatoms. The number of rotatable bonds is 6. The molecule has 1 aromatic heterocycles. The summed E-state index contributed by atoms with van der Waals surface area (Å²) in [4.78, 5) is 19.4. The maximum absolute atomic E-state index is 12.1. The fourth-order valence-electron chi connectivity index (χ4n) is 4.15. The van der Waals surface area contributed by atoms with E-state index >= 15 is 0 Å². The Bertz CT molecular complexity index is 980. The Labute approximate surface area is 171 Å². The van der Waals surface area contributed by atoms with Crippen LogP contribution >= 0.6 is 0 Å². The molecule has 0 bridgehead atoms. The molecular weight excluding hydrogens is 364 g/mol. The van der Waals surface area contributed by atoms with Gasteiger partial charge in [0, 0.05) is 20.1 Å². The molecule has 1 aliphatic heterocycles. The van der Waals surface area contributed by atoms with E-state index in [-0.39, 0.29) is 11.8 Å². The monoisotopic (exact) mass is 392 g/mol. The van der Waals surface area contributed by atoms with Gasteiger partial charge in [0.15, 0.2) is 0 Å². The van der Waals surface area contributed by atoms with E-state index in [0.717, 1.165) is 61.6 Å². The van der Waals surface area contributed by atoms with E-state index in [1.54, 1.807) is 14.2 Å². The van der Waals surface area contributed by atoms with Crippen LogP contribution in [0.1, 0.15) is 24.2 Å². The molecule has 0 saturated carbocycles. The number of aromatic nitrogens is 2. The molecule has 1 amide bonds. The first kappa shape index (κ1) is 19.5. The number of benzene rings is 2. The number of amides is 1. The number of methoxy groups -OCH3 is 1. The van der Waals surface area contributed by atoms with Crippen molar-refractivity contribution >= 4 is 16.9 Å². The van der Waals surface area contributed by atoms with Gasteiger partial charge in [-0.05, 0) is 49.2 Å². The molecule has 1 fully saturated rings. The van der Waals surface area contributed by atoms with E-state index in [4.69, 9.17) is 9.72 Å². The quantitative estimate of drug-likeness (QED) is 0.701.